The predicted molar refractivity (Wildman–Crippen MR) is 75.5 cm³/mol. The van der Waals surface area contributed by atoms with Gasteiger partial charge in [-0.05, 0) is 49.1 Å². The van der Waals surface area contributed by atoms with E-state index in [1.165, 1.54) is 24.0 Å². The second kappa shape index (κ2) is 6.21. The summed E-state index contributed by atoms with van der Waals surface area (Å²) in [6, 6.07) is 6.73. The Balaban J connectivity index is 2.13. The second-order valence-electron chi connectivity index (χ2n) is 5.13. The quantitative estimate of drug-likeness (QED) is 0.760. The number of unbranched alkanes of at least 4 members (excludes halogenated alkanes) is 1. The highest BCUT2D eigenvalue weighted by Gasteiger charge is 2.27. The minimum absolute atomic E-state index is 0.241. The summed E-state index contributed by atoms with van der Waals surface area (Å²) in [6.45, 7) is 4.30. The smallest absolute Gasteiger partial charge is 0.0558 e. The Bertz CT molecular complexity index is 392. The fourth-order valence-electron chi connectivity index (χ4n) is 2.91. The van der Waals surface area contributed by atoms with Crippen LogP contribution in [0.15, 0.2) is 18.2 Å². The van der Waals surface area contributed by atoms with E-state index in [9.17, 15) is 5.11 Å². The first-order valence-electron chi connectivity index (χ1n) is 6.99. The largest absolute Gasteiger partial charge is 0.399 e. The highest BCUT2D eigenvalue weighted by molar-refractivity contribution is 5.47. The Morgan fingerprint density at radius 1 is 1.39 bits per heavy atom. The van der Waals surface area contributed by atoms with Gasteiger partial charge in [-0.1, -0.05) is 19.4 Å². The third kappa shape index (κ3) is 2.85. The van der Waals surface area contributed by atoms with Gasteiger partial charge in [0.1, 0.15) is 0 Å². The van der Waals surface area contributed by atoms with Crippen LogP contribution in [0.2, 0.25) is 0 Å². The van der Waals surface area contributed by atoms with Gasteiger partial charge in [-0.15, -0.1) is 0 Å². The number of nitrogens with zero attached hydrogens (tertiary/aromatic N) is 1. The fraction of sp³-hybridized carbons (Fsp3) is 0.600. The number of hydrogen-bond acceptors (Lipinski definition) is 3. The standard InChI is InChI=1S/C15H24N2O/c1-2-3-8-17(9-10-18)15-7-4-12-11-13(16)5-6-14(12)15/h5-6,11,15,18H,2-4,7-10,16H2,1H3. The van der Waals surface area contributed by atoms with E-state index in [4.69, 9.17) is 5.73 Å². The first-order valence-corrected chi connectivity index (χ1v) is 6.99. The van der Waals surface area contributed by atoms with E-state index < -0.39 is 0 Å². The maximum Gasteiger partial charge on any atom is 0.0558 e. The molecule has 1 unspecified atom stereocenters. The molecule has 1 aromatic rings. The summed E-state index contributed by atoms with van der Waals surface area (Å²) in [4.78, 5) is 2.42. The maximum atomic E-state index is 9.23. The Morgan fingerprint density at radius 3 is 2.94 bits per heavy atom. The molecule has 3 nitrogen and oxygen atoms in total. The average Bonchev–Trinajstić information content (AvgIpc) is 2.77. The summed E-state index contributed by atoms with van der Waals surface area (Å²) >= 11 is 0. The zero-order valence-electron chi connectivity index (χ0n) is 11.2. The first-order chi connectivity index (χ1) is 8.76. The van der Waals surface area contributed by atoms with E-state index >= 15 is 0 Å². The molecule has 1 aliphatic rings. The molecule has 0 spiro atoms. The lowest BCUT2D eigenvalue weighted by Gasteiger charge is -2.29. The molecule has 0 amide bonds. The summed E-state index contributed by atoms with van der Waals surface area (Å²) in [5, 5.41) is 9.23. The summed E-state index contributed by atoms with van der Waals surface area (Å²) in [7, 11) is 0. The van der Waals surface area contributed by atoms with Gasteiger partial charge in [-0.3, -0.25) is 4.90 Å². The molecule has 2 rings (SSSR count). The molecular formula is C15H24N2O. The van der Waals surface area contributed by atoms with E-state index in [1.807, 2.05) is 6.07 Å². The highest BCUT2D eigenvalue weighted by Crippen LogP contribution is 2.36. The SMILES string of the molecule is CCCCN(CCO)C1CCc2cc(N)ccc21. The van der Waals surface area contributed by atoms with Crippen LogP contribution in [0.25, 0.3) is 0 Å². The number of nitrogens with two attached hydrogens (primary N) is 1. The van der Waals surface area contributed by atoms with E-state index in [0.29, 0.717) is 6.04 Å². The van der Waals surface area contributed by atoms with Crippen LogP contribution >= 0.6 is 0 Å². The molecule has 3 N–H and O–H groups in total. The van der Waals surface area contributed by atoms with Gasteiger partial charge in [0.05, 0.1) is 6.61 Å². The lowest BCUT2D eigenvalue weighted by Crippen LogP contribution is -2.31. The zero-order valence-corrected chi connectivity index (χ0v) is 11.2. The first kappa shape index (κ1) is 13.4. The van der Waals surface area contributed by atoms with Crippen LogP contribution in [-0.4, -0.2) is 29.7 Å². The molecule has 0 fully saturated rings. The van der Waals surface area contributed by atoms with Crippen molar-refractivity contribution in [1.82, 2.24) is 4.90 Å². The molecule has 0 bridgehead atoms. The number of aliphatic hydroxyl groups excluding tert-OH is 1. The summed E-state index contributed by atoms with van der Waals surface area (Å²) in [6.07, 6.45) is 4.66. The van der Waals surface area contributed by atoms with Gasteiger partial charge >= 0.3 is 0 Å². The molecule has 1 aliphatic carbocycles. The number of fused-ring (bicyclic) bond motifs is 1. The minimum atomic E-state index is 0.241. The number of aryl methyl sites for hydroxylation is 1. The Hall–Kier alpha value is -1.06. The third-order valence-electron chi connectivity index (χ3n) is 3.84. The Labute approximate surface area is 110 Å². The molecule has 3 heteroatoms. The number of nitrogen functional groups attached to an aromatic ring is 1. The molecule has 0 heterocycles. The van der Waals surface area contributed by atoms with Gasteiger partial charge < -0.3 is 10.8 Å². The van der Waals surface area contributed by atoms with Gasteiger partial charge in [0.15, 0.2) is 0 Å². The van der Waals surface area contributed by atoms with Crippen LogP contribution in [0.3, 0.4) is 0 Å². The Morgan fingerprint density at radius 2 is 2.22 bits per heavy atom. The maximum absolute atomic E-state index is 9.23. The topological polar surface area (TPSA) is 49.5 Å². The van der Waals surface area contributed by atoms with Gasteiger partial charge in [0.2, 0.25) is 0 Å². The molecule has 18 heavy (non-hydrogen) atoms. The zero-order chi connectivity index (χ0) is 13.0. The molecule has 0 saturated heterocycles. The Kier molecular flexibility index (Phi) is 4.61. The number of anilines is 1. The van der Waals surface area contributed by atoms with Gasteiger partial charge in [-0.25, -0.2) is 0 Å². The van der Waals surface area contributed by atoms with Crippen LogP contribution in [0.4, 0.5) is 5.69 Å². The molecule has 0 saturated carbocycles. The van der Waals surface area contributed by atoms with E-state index in [2.05, 4.69) is 24.0 Å². The summed E-state index contributed by atoms with van der Waals surface area (Å²) in [5.74, 6) is 0. The summed E-state index contributed by atoms with van der Waals surface area (Å²) in [5.41, 5.74) is 9.49. The van der Waals surface area contributed by atoms with Crippen molar-refractivity contribution in [2.75, 3.05) is 25.4 Å². The third-order valence-corrected chi connectivity index (χ3v) is 3.84. The van der Waals surface area contributed by atoms with Gasteiger partial charge in [0.25, 0.3) is 0 Å². The van der Waals surface area contributed by atoms with Crippen molar-refractivity contribution in [1.29, 1.82) is 0 Å². The number of rotatable bonds is 6. The average molecular weight is 248 g/mol. The minimum Gasteiger partial charge on any atom is -0.399 e. The number of benzene rings is 1. The van der Waals surface area contributed by atoms with Crippen LogP contribution in [0.1, 0.15) is 43.4 Å². The van der Waals surface area contributed by atoms with Crippen molar-refractivity contribution in [2.45, 2.75) is 38.6 Å². The molecular weight excluding hydrogens is 224 g/mol. The fourth-order valence-corrected chi connectivity index (χ4v) is 2.91. The lowest BCUT2D eigenvalue weighted by atomic mass is 10.1. The summed E-state index contributed by atoms with van der Waals surface area (Å²) < 4.78 is 0. The highest BCUT2D eigenvalue weighted by atomic mass is 16.3. The van der Waals surface area contributed by atoms with Gasteiger partial charge in [-0.2, -0.15) is 0 Å². The van der Waals surface area contributed by atoms with E-state index in [0.717, 1.165) is 31.6 Å². The predicted octanol–water partition coefficient (Wildman–Crippen LogP) is 2.35. The molecule has 0 aromatic heterocycles. The van der Waals surface area contributed by atoms with Crippen LogP contribution < -0.4 is 5.73 Å². The van der Waals surface area contributed by atoms with Crippen molar-refractivity contribution in [3.63, 3.8) is 0 Å². The van der Waals surface area contributed by atoms with Crippen molar-refractivity contribution >= 4 is 5.69 Å². The molecule has 1 aromatic carbocycles. The van der Waals surface area contributed by atoms with Crippen LogP contribution in [-0.2, 0) is 6.42 Å². The van der Waals surface area contributed by atoms with Crippen LogP contribution in [0.5, 0.6) is 0 Å². The van der Waals surface area contributed by atoms with Crippen LogP contribution in [0, 0.1) is 0 Å². The second-order valence-corrected chi connectivity index (χ2v) is 5.13. The number of aliphatic hydroxyl groups is 1. The molecule has 100 valence electrons. The van der Waals surface area contributed by atoms with E-state index in [-0.39, 0.29) is 6.61 Å². The normalized spacial score (nSPS) is 18.3. The monoisotopic (exact) mass is 248 g/mol. The molecule has 1 atom stereocenters. The lowest BCUT2D eigenvalue weighted by molar-refractivity contribution is 0.148. The van der Waals surface area contributed by atoms with Crippen molar-refractivity contribution in [3.05, 3.63) is 29.3 Å². The van der Waals surface area contributed by atoms with Crippen molar-refractivity contribution < 1.29 is 5.11 Å². The van der Waals surface area contributed by atoms with E-state index in [1.54, 1.807) is 0 Å². The van der Waals surface area contributed by atoms with Gasteiger partial charge in [0, 0.05) is 18.3 Å². The molecule has 0 aliphatic heterocycles. The molecule has 0 radical (unpaired) electrons. The van der Waals surface area contributed by atoms with Crippen molar-refractivity contribution in [2.24, 2.45) is 0 Å². The van der Waals surface area contributed by atoms with Crippen molar-refractivity contribution in [3.8, 4) is 0 Å². The number of hydrogen-bond donors (Lipinski definition) is 2.